The summed E-state index contributed by atoms with van der Waals surface area (Å²) in [5.74, 6) is -0.00667. The topological polar surface area (TPSA) is 119 Å². The van der Waals surface area contributed by atoms with Crippen LogP contribution in [0, 0.1) is 0 Å². The van der Waals surface area contributed by atoms with E-state index in [1.807, 2.05) is 115 Å². The number of carbonyl (C=O) groups is 3. The van der Waals surface area contributed by atoms with Crippen molar-refractivity contribution in [2.45, 2.75) is 50.9 Å². The predicted octanol–water partition coefficient (Wildman–Crippen LogP) is 8.52. The number of amides is 2. The SMILES string of the molecule is C=CCC(OC(C)=O)[C@@H]1[C@@H](N(Cc2ccc(-c3ccccc3)cc2)C(=O)Cc2ccc(OC)cc2)c2cc(OCCCO)ccc2N1C(=O)c1ccc2ccccc2n1. The molecule has 5 aromatic carbocycles. The van der Waals surface area contributed by atoms with Gasteiger partial charge in [0.2, 0.25) is 5.91 Å². The molecule has 0 saturated heterocycles. The summed E-state index contributed by atoms with van der Waals surface area (Å²) in [4.78, 5) is 51.3. The molecule has 1 aliphatic rings. The van der Waals surface area contributed by atoms with Gasteiger partial charge < -0.3 is 24.2 Å². The molecule has 7 rings (SSSR count). The smallest absolute Gasteiger partial charge is 0.302 e. The predicted molar refractivity (Wildman–Crippen MR) is 228 cm³/mol. The van der Waals surface area contributed by atoms with Crippen LogP contribution in [0.2, 0.25) is 0 Å². The number of anilines is 1. The fourth-order valence-electron chi connectivity index (χ4n) is 7.72. The minimum atomic E-state index is -0.915. The first-order valence-electron chi connectivity index (χ1n) is 19.7. The third-order valence-electron chi connectivity index (χ3n) is 10.5. The van der Waals surface area contributed by atoms with Crippen LogP contribution in [0.25, 0.3) is 22.0 Å². The number of benzene rings is 5. The van der Waals surface area contributed by atoms with Gasteiger partial charge in [-0.2, -0.15) is 0 Å². The summed E-state index contributed by atoms with van der Waals surface area (Å²) >= 11 is 0. The Hall–Kier alpha value is -6.78. The Morgan fingerprint density at radius 3 is 2.25 bits per heavy atom. The van der Waals surface area contributed by atoms with Gasteiger partial charge in [0.15, 0.2) is 0 Å². The maximum Gasteiger partial charge on any atom is 0.302 e. The normalized spacial score (nSPS) is 14.9. The molecule has 300 valence electrons. The lowest BCUT2D eigenvalue weighted by molar-refractivity contribution is -0.148. The van der Waals surface area contributed by atoms with Crippen LogP contribution in [-0.2, 0) is 27.3 Å². The average molecular weight is 790 g/mol. The highest BCUT2D eigenvalue weighted by Crippen LogP contribution is 2.48. The number of rotatable bonds is 16. The standard InChI is InChI=1S/C49H47N3O7/c1-4-11-45(59-33(2)54)48-47(41-31-40(58-29-10-28-53)25-27-44(41)52(48)49(56)43-26-22-38-14-8-9-15-42(38)50-43)51(46(55)30-34-18-23-39(57-3)24-19-34)32-35-16-20-37(21-17-35)36-12-6-5-7-13-36/h4-9,12-27,31,45,47-48,53H,1,10-11,28-30,32H2,2-3H3/t45?,47-,48+/m0/s1. The van der Waals surface area contributed by atoms with Crippen LogP contribution in [0.5, 0.6) is 11.5 Å². The molecule has 6 aromatic rings. The summed E-state index contributed by atoms with van der Waals surface area (Å²) in [5, 5.41) is 10.4. The van der Waals surface area contributed by atoms with Crippen LogP contribution in [0.1, 0.15) is 53.0 Å². The molecule has 3 atom stereocenters. The van der Waals surface area contributed by atoms with Crippen LogP contribution >= 0.6 is 0 Å². The van der Waals surface area contributed by atoms with E-state index in [-0.39, 0.29) is 44.2 Å². The molecular weight excluding hydrogens is 743 g/mol. The molecular formula is C49H47N3O7. The number of esters is 1. The number of aromatic nitrogens is 1. The number of aliphatic hydroxyl groups excluding tert-OH is 1. The lowest BCUT2D eigenvalue weighted by Gasteiger charge is -2.39. The molecule has 0 fully saturated rings. The van der Waals surface area contributed by atoms with Gasteiger partial charge in [0.1, 0.15) is 23.3 Å². The number of para-hydroxylation sites is 1. The van der Waals surface area contributed by atoms with Crippen molar-refractivity contribution in [3.05, 3.63) is 168 Å². The second-order valence-electron chi connectivity index (χ2n) is 14.4. The van der Waals surface area contributed by atoms with E-state index in [0.29, 0.717) is 34.7 Å². The average Bonchev–Trinajstić information content (AvgIpc) is 3.59. The third kappa shape index (κ3) is 9.19. The molecule has 10 nitrogen and oxygen atoms in total. The Kier molecular flexibility index (Phi) is 12.8. The van der Waals surface area contributed by atoms with E-state index in [1.165, 1.54) is 6.92 Å². The zero-order valence-corrected chi connectivity index (χ0v) is 33.2. The van der Waals surface area contributed by atoms with Crippen molar-refractivity contribution < 1.29 is 33.7 Å². The second kappa shape index (κ2) is 18.7. The fraction of sp³-hybridized carbons (Fsp3) is 0.224. The Morgan fingerprint density at radius 2 is 1.54 bits per heavy atom. The van der Waals surface area contributed by atoms with Crippen LogP contribution in [0.3, 0.4) is 0 Å². The van der Waals surface area contributed by atoms with Gasteiger partial charge in [-0.3, -0.25) is 19.3 Å². The van der Waals surface area contributed by atoms with Crippen molar-refractivity contribution in [2.75, 3.05) is 25.2 Å². The number of pyridine rings is 1. The summed E-state index contributed by atoms with van der Waals surface area (Å²) < 4.78 is 17.6. The maximum absolute atomic E-state index is 15.1. The monoisotopic (exact) mass is 789 g/mol. The van der Waals surface area contributed by atoms with Crippen molar-refractivity contribution in [3.8, 4) is 22.6 Å². The number of ether oxygens (including phenoxy) is 3. The molecule has 10 heteroatoms. The molecule has 0 bridgehead atoms. The van der Waals surface area contributed by atoms with Crippen LogP contribution in [0.15, 0.2) is 146 Å². The van der Waals surface area contributed by atoms with Gasteiger partial charge in [-0.05, 0) is 64.7 Å². The highest BCUT2D eigenvalue weighted by Gasteiger charge is 2.51. The van der Waals surface area contributed by atoms with E-state index in [2.05, 4.69) is 6.58 Å². The molecule has 0 radical (unpaired) electrons. The van der Waals surface area contributed by atoms with Gasteiger partial charge in [-0.1, -0.05) is 97.1 Å². The summed E-state index contributed by atoms with van der Waals surface area (Å²) in [6.45, 7) is 5.69. The van der Waals surface area contributed by atoms with Gasteiger partial charge in [-0.15, -0.1) is 6.58 Å². The molecule has 0 aliphatic carbocycles. The number of methoxy groups -OCH3 is 1. The Labute approximate surface area is 344 Å². The highest BCUT2D eigenvalue weighted by molar-refractivity contribution is 6.08. The molecule has 1 unspecified atom stereocenters. The van der Waals surface area contributed by atoms with Gasteiger partial charge in [0.25, 0.3) is 5.91 Å². The Balaban J connectivity index is 1.40. The van der Waals surface area contributed by atoms with Crippen molar-refractivity contribution in [2.24, 2.45) is 0 Å². The summed E-state index contributed by atoms with van der Waals surface area (Å²) in [5.41, 5.74) is 5.72. The summed E-state index contributed by atoms with van der Waals surface area (Å²) in [6, 6.07) is 40.2. The van der Waals surface area contributed by atoms with E-state index in [9.17, 15) is 9.90 Å². The number of aliphatic hydroxyl groups is 1. The van der Waals surface area contributed by atoms with Gasteiger partial charge in [0, 0.05) is 43.9 Å². The minimum Gasteiger partial charge on any atom is -0.497 e. The summed E-state index contributed by atoms with van der Waals surface area (Å²) in [7, 11) is 1.59. The van der Waals surface area contributed by atoms with E-state index < -0.39 is 30.1 Å². The fourth-order valence-corrected chi connectivity index (χ4v) is 7.72. The quantitative estimate of drug-likeness (QED) is 0.0589. The zero-order chi connectivity index (χ0) is 41.3. The third-order valence-corrected chi connectivity index (χ3v) is 10.5. The minimum absolute atomic E-state index is 0.0389. The second-order valence-corrected chi connectivity index (χ2v) is 14.4. The Bertz CT molecular complexity index is 2420. The molecule has 0 saturated carbocycles. The Morgan fingerprint density at radius 1 is 0.847 bits per heavy atom. The lowest BCUT2D eigenvalue weighted by Crippen LogP contribution is -2.53. The van der Waals surface area contributed by atoms with E-state index in [0.717, 1.165) is 27.6 Å². The molecule has 1 aromatic heterocycles. The number of nitrogens with zero attached hydrogens (tertiary/aromatic N) is 3. The number of hydrogen-bond acceptors (Lipinski definition) is 8. The largest absolute Gasteiger partial charge is 0.497 e. The van der Waals surface area contributed by atoms with E-state index in [4.69, 9.17) is 19.2 Å². The molecule has 59 heavy (non-hydrogen) atoms. The van der Waals surface area contributed by atoms with Crippen molar-refractivity contribution in [1.29, 1.82) is 0 Å². The van der Waals surface area contributed by atoms with E-state index in [1.54, 1.807) is 41.2 Å². The first-order valence-corrected chi connectivity index (χ1v) is 19.7. The summed E-state index contributed by atoms with van der Waals surface area (Å²) in [6.07, 6.45) is 1.38. The number of fused-ring (bicyclic) bond motifs is 2. The molecule has 2 heterocycles. The first-order chi connectivity index (χ1) is 28.8. The van der Waals surface area contributed by atoms with Gasteiger partial charge >= 0.3 is 5.97 Å². The first kappa shape index (κ1) is 40.4. The molecule has 0 spiro atoms. The molecule has 1 N–H and O–H groups in total. The number of hydrogen-bond donors (Lipinski definition) is 1. The van der Waals surface area contributed by atoms with Gasteiger partial charge in [0.05, 0.1) is 43.4 Å². The van der Waals surface area contributed by atoms with Crippen LogP contribution in [-0.4, -0.2) is 65.2 Å². The lowest BCUT2D eigenvalue weighted by atomic mass is 9.93. The van der Waals surface area contributed by atoms with Crippen molar-refractivity contribution in [3.63, 3.8) is 0 Å². The van der Waals surface area contributed by atoms with Gasteiger partial charge in [-0.25, -0.2) is 4.98 Å². The number of carbonyl (C=O) groups excluding carboxylic acids is 3. The highest BCUT2D eigenvalue weighted by atomic mass is 16.5. The zero-order valence-electron chi connectivity index (χ0n) is 33.2. The van der Waals surface area contributed by atoms with Crippen molar-refractivity contribution in [1.82, 2.24) is 9.88 Å². The molecule has 1 aliphatic heterocycles. The van der Waals surface area contributed by atoms with Crippen LogP contribution < -0.4 is 14.4 Å². The van der Waals surface area contributed by atoms with Crippen LogP contribution in [0.4, 0.5) is 5.69 Å². The van der Waals surface area contributed by atoms with E-state index >= 15 is 9.59 Å². The molecule has 2 amide bonds. The van der Waals surface area contributed by atoms with Crippen molar-refractivity contribution >= 4 is 34.4 Å². The maximum atomic E-state index is 15.1.